The second kappa shape index (κ2) is 7.43. The smallest absolute Gasteiger partial charge is 0.266 e. The third-order valence-corrected chi connectivity index (χ3v) is 4.33. The van der Waals surface area contributed by atoms with Crippen LogP contribution in [0.15, 0.2) is 30.3 Å². The highest BCUT2D eigenvalue weighted by Gasteiger charge is 2.29. The number of aromatic nitrogens is 1. The molecule has 1 aliphatic heterocycles. The second-order valence-electron chi connectivity index (χ2n) is 6.03. The quantitative estimate of drug-likeness (QED) is 0.857. The second-order valence-corrected chi connectivity index (χ2v) is 6.03. The first kappa shape index (κ1) is 17.7. The molecule has 0 fully saturated rings. The SMILES string of the molecule is CCc1cccc(CC)c1NC(=O)CN1C(=O)COc2ccc(N)nc21. The summed E-state index contributed by atoms with van der Waals surface area (Å²) in [4.78, 5) is 30.4. The van der Waals surface area contributed by atoms with Gasteiger partial charge in [0.2, 0.25) is 5.91 Å². The highest BCUT2D eigenvalue weighted by molar-refractivity contribution is 6.04. The van der Waals surface area contributed by atoms with Gasteiger partial charge in [-0.05, 0) is 36.1 Å². The zero-order valence-electron chi connectivity index (χ0n) is 14.9. The van der Waals surface area contributed by atoms with Gasteiger partial charge in [0.05, 0.1) is 0 Å². The molecule has 3 N–H and O–H groups in total. The minimum absolute atomic E-state index is 0.127. The van der Waals surface area contributed by atoms with E-state index in [2.05, 4.69) is 10.3 Å². The lowest BCUT2D eigenvalue weighted by molar-refractivity contribution is -0.123. The molecule has 0 spiro atoms. The number of nitrogen functional groups attached to an aromatic ring is 1. The molecule has 0 unspecified atom stereocenters. The topological polar surface area (TPSA) is 97.5 Å². The molecule has 0 atom stereocenters. The van der Waals surface area contributed by atoms with Crippen LogP contribution in [0, 0.1) is 0 Å². The molecule has 7 nitrogen and oxygen atoms in total. The Morgan fingerprint density at radius 1 is 1.23 bits per heavy atom. The van der Waals surface area contributed by atoms with Crippen molar-refractivity contribution in [3.05, 3.63) is 41.5 Å². The third-order valence-electron chi connectivity index (χ3n) is 4.33. The Hall–Kier alpha value is -3.09. The maximum atomic E-state index is 12.7. The van der Waals surface area contributed by atoms with Crippen LogP contribution < -0.4 is 20.7 Å². The highest BCUT2D eigenvalue weighted by Crippen LogP contribution is 2.31. The van der Waals surface area contributed by atoms with Crippen molar-refractivity contribution in [1.29, 1.82) is 0 Å². The summed E-state index contributed by atoms with van der Waals surface area (Å²) in [6.45, 7) is 3.81. The van der Waals surface area contributed by atoms with E-state index in [9.17, 15) is 9.59 Å². The summed E-state index contributed by atoms with van der Waals surface area (Å²) in [5.74, 6) is 0.360. The van der Waals surface area contributed by atoms with Crippen LogP contribution in [0.4, 0.5) is 17.3 Å². The molecule has 0 bridgehead atoms. The molecule has 26 heavy (non-hydrogen) atoms. The lowest BCUT2D eigenvalue weighted by atomic mass is 10.0. The van der Waals surface area contributed by atoms with Crippen LogP contribution in [0.5, 0.6) is 5.75 Å². The van der Waals surface area contributed by atoms with E-state index in [4.69, 9.17) is 10.5 Å². The molecule has 2 heterocycles. The number of carbonyl (C=O) groups is 2. The number of nitrogens with zero attached hydrogens (tertiary/aromatic N) is 2. The van der Waals surface area contributed by atoms with E-state index in [0.29, 0.717) is 5.75 Å². The van der Waals surface area contributed by atoms with Gasteiger partial charge in [0.15, 0.2) is 18.2 Å². The van der Waals surface area contributed by atoms with E-state index in [1.54, 1.807) is 12.1 Å². The number of aryl methyl sites for hydroxylation is 2. The van der Waals surface area contributed by atoms with Crippen LogP contribution in [0.1, 0.15) is 25.0 Å². The van der Waals surface area contributed by atoms with Crippen molar-refractivity contribution in [3.63, 3.8) is 0 Å². The van der Waals surface area contributed by atoms with E-state index in [-0.39, 0.29) is 36.6 Å². The summed E-state index contributed by atoms with van der Waals surface area (Å²) in [5.41, 5.74) is 8.66. The first-order valence-electron chi connectivity index (χ1n) is 8.63. The minimum atomic E-state index is -0.328. The summed E-state index contributed by atoms with van der Waals surface area (Å²) in [6.07, 6.45) is 1.61. The van der Waals surface area contributed by atoms with Crippen LogP contribution in [0.25, 0.3) is 0 Å². The first-order valence-corrected chi connectivity index (χ1v) is 8.63. The number of rotatable bonds is 5. The fourth-order valence-corrected chi connectivity index (χ4v) is 2.98. The summed E-state index contributed by atoms with van der Waals surface area (Å²) < 4.78 is 5.35. The molecule has 1 aromatic carbocycles. The largest absolute Gasteiger partial charge is 0.480 e. The van der Waals surface area contributed by atoms with E-state index in [1.807, 2.05) is 32.0 Å². The Bertz CT molecular complexity index is 828. The number of amides is 2. The van der Waals surface area contributed by atoms with E-state index in [0.717, 1.165) is 29.7 Å². The minimum Gasteiger partial charge on any atom is -0.480 e. The van der Waals surface area contributed by atoms with Gasteiger partial charge in [-0.15, -0.1) is 0 Å². The summed E-state index contributed by atoms with van der Waals surface area (Å²) in [6, 6.07) is 9.22. The van der Waals surface area contributed by atoms with E-state index < -0.39 is 0 Å². The molecule has 0 saturated heterocycles. The molecule has 2 amide bonds. The summed E-state index contributed by atoms with van der Waals surface area (Å²) in [5, 5.41) is 2.96. The lowest BCUT2D eigenvalue weighted by Crippen LogP contribution is -2.44. The monoisotopic (exact) mass is 354 g/mol. The highest BCUT2D eigenvalue weighted by atomic mass is 16.5. The van der Waals surface area contributed by atoms with Crippen molar-refractivity contribution in [3.8, 4) is 5.75 Å². The van der Waals surface area contributed by atoms with Crippen LogP contribution in [0.3, 0.4) is 0 Å². The zero-order valence-corrected chi connectivity index (χ0v) is 14.9. The maximum absolute atomic E-state index is 12.7. The number of nitrogens with two attached hydrogens (primary N) is 1. The number of carbonyl (C=O) groups excluding carboxylic acids is 2. The van der Waals surface area contributed by atoms with E-state index >= 15 is 0 Å². The molecule has 0 aliphatic carbocycles. The Kier molecular flexibility index (Phi) is 5.06. The number of para-hydroxylation sites is 1. The summed E-state index contributed by atoms with van der Waals surface area (Å²) >= 11 is 0. The average molecular weight is 354 g/mol. The predicted octanol–water partition coefficient (Wildman–Crippen LogP) is 2.15. The third kappa shape index (κ3) is 3.46. The molecule has 0 radical (unpaired) electrons. The first-order chi connectivity index (χ1) is 12.5. The van der Waals surface area contributed by atoms with Crippen LogP contribution in [-0.4, -0.2) is 29.9 Å². The van der Waals surface area contributed by atoms with Gasteiger partial charge in [-0.1, -0.05) is 32.0 Å². The molecule has 7 heteroatoms. The number of ether oxygens (including phenoxy) is 1. The molecule has 1 aromatic heterocycles. The van der Waals surface area contributed by atoms with Crippen LogP contribution in [0.2, 0.25) is 0 Å². The maximum Gasteiger partial charge on any atom is 0.266 e. The molecule has 2 aromatic rings. The fraction of sp³-hybridized carbons (Fsp3) is 0.316. The standard InChI is InChI=1S/C19H22N4O3/c1-3-12-6-5-7-13(4-2)18(12)22-16(24)10-23-17(25)11-26-14-8-9-15(20)21-19(14)23/h5-9H,3-4,10-11H2,1-2H3,(H2,20,21)(H,22,24). The van der Waals surface area contributed by atoms with Gasteiger partial charge in [0.25, 0.3) is 5.91 Å². The number of fused-ring (bicyclic) bond motifs is 1. The number of anilines is 3. The lowest BCUT2D eigenvalue weighted by Gasteiger charge is -2.28. The Morgan fingerprint density at radius 2 is 1.92 bits per heavy atom. The Balaban J connectivity index is 1.83. The van der Waals surface area contributed by atoms with Gasteiger partial charge in [-0.25, -0.2) is 4.98 Å². The number of benzene rings is 1. The van der Waals surface area contributed by atoms with Gasteiger partial charge >= 0.3 is 0 Å². The van der Waals surface area contributed by atoms with Crippen molar-refractivity contribution in [2.24, 2.45) is 0 Å². The summed E-state index contributed by atoms with van der Waals surface area (Å²) in [7, 11) is 0. The van der Waals surface area contributed by atoms with Gasteiger partial charge < -0.3 is 15.8 Å². The average Bonchev–Trinajstić information content (AvgIpc) is 2.64. The molecule has 3 rings (SSSR count). The molecule has 0 saturated carbocycles. The van der Waals surface area contributed by atoms with Crippen molar-refractivity contribution < 1.29 is 14.3 Å². The van der Waals surface area contributed by atoms with Gasteiger partial charge in [-0.3, -0.25) is 14.5 Å². The number of hydrogen-bond donors (Lipinski definition) is 2. The van der Waals surface area contributed by atoms with Crippen molar-refractivity contribution >= 4 is 29.1 Å². The number of pyridine rings is 1. The van der Waals surface area contributed by atoms with Crippen molar-refractivity contribution in [2.75, 3.05) is 29.1 Å². The normalized spacial score (nSPS) is 13.2. The Morgan fingerprint density at radius 3 is 2.58 bits per heavy atom. The Labute approximate surface area is 152 Å². The number of hydrogen-bond acceptors (Lipinski definition) is 5. The van der Waals surface area contributed by atoms with Gasteiger partial charge in [0.1, 0.15) is 12.4 Å². The molecular weight excluding hydrogens is 332 g/mol. The van der Waals surface area contributed by atoms with Gasteiger partial charge in [-0.2, -0.15) is 0 Å². The van der Waals surface area contributed by atoms with Gasteiger partial charge in [0, 0.05) is 5.69 Å². The molecule has 1 aliphatic rings. The van der Waals surface area contributed by atoms with E-state index in [1.165, 1.54) is 4.90 Å². The van der Waals surface area contributed by atoms with Crippen LogP contribution in [-0.2, 0) is 22.4 Å². The predicted molar refractivity (Wildman–Crippen MR) is 100 cm³/mol. The molecular formula is C19H22N4O3. The number of nitrogens with one attached hydrogen (secondary N) is 1. The zero-order chi connectivity index (χ0) is 18.7. The molecule has 136 valence electrons. The fourth-order valence-electron chi connectivity index (χ4n) is 2.98. The van der Waals surface area contributed by atoms with Crippen LogP contribution >= 0.6 is 0 Å². The van der Waals surface area contributed by atoms with Crippen molar-refractivity contribution in [2.45, 2.75) is 26.7 Å². The van der Waals surface area contributed by atoms with Crippen molar-refractivity contribution in [1.82, 2.24) is 4.98 Å².